The number of guanidine groups is 1. The lowest BCUT2D eigenvalue weighted by Gasteiger charge is -2.06. The summed E-state index contributed by atoms with van der Waals surface area (Å²) in [5.41, 5.74) is 0. The summed E-state index contributed by atoms with van der Waals surface area (Å²) in [6.07, 6.45) is 0. The van der Waals surface area contributed by atoms with Crippen LogP contribution in [0.1, 0.15) is 6.92 Å². The highest BCUT2D eigenvalue weighted by molar-refractivity contribution is 6.29. The first-order valence-corrected chi connectivity index (χ1v) is 3.94. The van der Waals surface area contributed by atoms with Crippen molar-refractivity contribution in [3.8, 4) is 0 Å². The molecule has 11 heavy (non-hydrogen) atoms. The number of nitrogens with one attached hydrogen (secondary N) is 2. The smallest absolute Gasteiger partial charge is 0.191 e. The second kappa shape index (κ2) is 3.62. The molecule has 1 rings (SSSR count). The number of hydrogen-bond acceptors (Lipinski definition) is 3. The van der Waals surface area contributed by atoms with Crippen LogP contribution in [0.25, 0.3) is 0 Å². The number of rotatable bonds is 2. The summed E-state index contributed by atoms with van der Waals surface area (Å²) >= 11 is 5.55. The van der Waals surface area contributed by atoms with Crippen LogP contribution in [0.2, 0.25) is 0 Å². The van der Waals surface area contributed by atoms with Gasteiger partial charge in [-0.2, -0.15) is 0 Å². The molecule has 0 aliphatic carbocycles. The van der Waals surface area contributed by atoms with Crippen molar-refractivity contribution in [1.29, 1.82) is 0 Å². The summed E-state index contributed by atoms with van der Waals surface area (Å²) in [6.45, 7) is 7.03. The van der Waals surface area contributed by atoms with Gasteiger partial charge in [0.05, 0.1) is 13.1 Å². The molecule has 62 valence electrons. The quantitative estimate of drug-likeness (QED) is 0.644. The predicted molar refractivity (Wildman–Crippen MR) is 47.9 cm³/mol. The van der Waals surface area contributed by atoms with Crippen LogP contribution in [0.3, 0.4) is 0 Å². The Balaban J connectivity index is 2.23. The fourth-order valence-electron chi connectivity index (χ4n) is 0.839. The zero-order valence-corrected chi connectivity index (χ0v) is 7.28. The molecular formula is C7H12ClN3. The first-order valence-electron chi connectivity index (χ1n) is 3.56. The third-order valence-corrected chi connectivity index (χ3v) is 1.49. The maximum absolute atomic E-state index is 5.55. The van der Waals surface area contributed by atoms with Crippen LogP contribution < -0.4 is 10.6 Å². The van der Waals surface area contributed by atoms with E-state index in [1.54, 1.807) is 0 Å². The van der Waals surface area contributed by atoms with E-state index in [4.69, 9.17) is 11.6 Å². The van der Waals surface area contributed by atoms with Crippen LogP contribution >= 0.6 is 11.6 Å². The Hall–Kier alpha value is -0.700. The summed E-state index contributed by atoms with van der Waals surface area (Å²) in [6, 6.07) is 0.432. The lowest BCUT2D eigenvalue weighted by Crippen LogP contribution is -2.37. The summed E-state index contributed by atoms with van der Waals surface area (Å²) in [7, 11) is 0. The first kappa shape index (κ1) is 8.40. The topological polar surface area (TPSA) is 36.4 Å². The van der Waals surface area contributed by atoms with Crippen molar-refractivity contribution >= 4 is 17.6 Å². The summed E-state index contributed by atoms with van der Waals surface area (Å²) in [5.74, 6) is 0.819. The third-order valence-electron chi connectivity index (χ3n) is 1.35. The molecule has 0 aromatic rings. The van der Waals surface area contributed by atoms with Crippen LogP contribution in [0.4, 0.5) is 0 Å². The third kappa shape index (κ3) is 2.80. The van der Waals surface area contributed by atoms with E-state index in [1.165, 1.54) is 0 Å². The lowest BCUT2D eigenvalue weighted by molar-refractivity contribution is 0.717. The molecule has 1 unspecified atom stereocenters. The minimum atomic E-state index is 0.432. The van der Waals surface area contributed by atoms with Gasteiger partial charge >= 0.3 is 0 Å². The normalized spacial score (nSPS) is 22.4. The first-order chi connectivity index (χ1) is 5.18. The van der Waals surface area contributed by atoms with Gasteiger partial charge in [0.15, 0.2) is 5.96 Å². The van der Waals surface area contributed by atoms with E-state index in [1.807, 2.05) is 0 Å². The zero-order valence-electron chi connectivity index (χ0n) is 6.52. The van der Waals surface area contributed by atoms with Crippen molar-refractivity contribution in [3.05, 3.63) is 11.6 Å². The highest BCUT2D eigenvalue weighted by atomic mass is 35.5. The summed E-state index contributed by atoms with van der Waals surface area (Å²) < 4.78 is 0. The fourth-order valence-corrected chi connectivity index (χ4v) is 0.906. The Kier molecular flexibility index (Phi) is 2.76. The van der Waals surface area contributed by atoms with E-state index in [-0.39, 0.29) is 0 Å². The molecule has 1 atom stereocenters. The van der Waals surface area contributed by atoms with E-state index in [0.29, 0.717) is 17.6 Å². The van der Waals surface area contributed by atoms with Gasteiger partial charge < -0.3 is 10.6 Å². The zero-order chi connectivity index (χ0) is 8.27. The van der Waals surface area contributed by atoms with Gasteiger partial charge in [0.25, 0.3) is 0 Å². The Morgan fingerprint density at radius 2 is 2.73 bits per heavy atom. The van der Waals surface area contributed by atoms with Crippen LogP contribution in [0.5, 0.6) is 0 Å². The van der Waals surface area contributed by atoms with Crippen LogP contribution in [-0.4, -0.2) is 25.1 Å². The molecule has 0 amide bonds. The number of aliphatic imine (C=N–C) groups is 1. The van der Waals surface area contributed by atoms with Crippen LogP contribution in [0.15, 0.2) is 16.6 Å². The van der Waals surface area contributed by atoms with Gasteiger partial charge in [-0.3, -0.25) is 4.99 Å². The molecule has 0 spiro atoms. The summed E-state index contributed by atoms with van der Waals surface area (Å²) in [4.78, 5) is 4.18. The molecule has 1 aliphatic heterocycles. The van der Waals surface area contributed by atoms with Crippen molar-refractivity contribution in [2.75, 3.05) is 13.1 Å². The van der Waals surface area contributed by atoms with Crippen LogP contribution in [-0.2, 0) is 0 Å². The molecule has 0 bridgehead atoms. The molecule has 3 nitrogen and oxygen atoms in total. The molecule has 4 heteroatoms. The van der Waals surface area contributed by atoms with Crippen LogP contribution in [0, 0.1) is 0 Å². The molecule has 0 aromatic heterocycles. The van der Waals surface area contributed by atoms with Crippen molar-refractivity contribution in [3.63, 3.8) is 0 Å². The minimum Gasteiger partial charge on any atom is -0.352 e. The largest absolute Gasteiger partial charge is 0.352 e. The molecule has 0 saturated heterocycles. The van der Waals surface area contributed by atoms with Gasteiger partial charge in [0, 0.05) is 11.1 Å². The van der Waals surface area contributed by atoms with E-state index in [9.17, 15) is 0 Å². The van der Waals surface area contributed by atoms with Crippen molar-refractivity contribution in [1.82, 2.24) is 10.6 Å². The standard InChI is InChI=1S/C7H12ClN3/c1-5(8)3-9-7-10-4-6(2)11-7/h6H,1,3-4H2,2H3,(H2,9,10,11). The number of halogens is 1. The minimum absolute atomic E-state index is 0.432. The second-order valence-corrected chi connectivity index (χ2v) is 3.14. The number of nitrogens with zero attached hydrogens (tertiary/aromatic N) is 1. The lowest BCUT2D eigenvalue weighted by atomic mass is 10.4. The van der Waals surface area contributed by atoms with Gasteiger partial charge in [-0.15, -0.1) is 0 Å². The Bertz CT molecular complexity index is 188. The Morgan fingerprint density at radius 1 is 2.00 bits per heavy atom. The highest BCUT2D eigenvalue weighted by Crippen LogP contribution is 1.95. The maximum Gasteiger partial charge on any atom is 0.191 e. The fraction of sp³-hybridized carbons (Fsp3) is 0.571. The van der Waals surface area contributed by atoms with Gasteiger partial charge in [0.2, 0.25) is 0 Å². The Labute approximate surface area is 71.5 Å². The molecular weight excluding hydrogens is 162 g/mol. The molecule has 0 fully saturated rings. The SMILES string of the molecule is C=C(Cl)CNC1=NCC(C)N1. The molecule has 1 heterocycles. The van der Waals surface area contributed by atoms with Crippen molar-refractivity contribution in [2.24, 2.45) is 4.99 Å². The number of hydrogen-bond donors (Lipinski definition) is 2. The maximum atomic E-state index is 5.55. The molecule has 0 aromatic carbocycles. The Morgan fingerprint density at radius 3 is 3.18 bits per heavy atom. The van der Waals surface area contributed by atoms with Gasteiger partial charge in [-0.05, 0) is 6.92 Å². The second-order valence-electron chi connectivity index (χ2n) is 2.61. The summed E-state index contributed by atoms with van der Waals surface area (Å²) in [5, 5.41) is 6.76. The van der Waals surface area contributed by atoms with Crippen molar-refractivity contribution < 1.29 is 0 Å². The molecule has 1 aliphatic rings. The van der Waals surface area contributed by atoms with E-state index in [2.05, 4.69) is 29.1 Å². The molecule has 0 radical (unpaired) electrons. The predicted octanol–water partition coefficient (Wildman–Crippen LogP) is 0.676. The monoisotopic (exact) mass is 173 g/mol. The average Bonchev–Trinajstić information content (AvgIpc) is 2.31. The molecule has 2 N–H and O–H groups in total. The molecule has 0 saturated carbocycles. The highest BCUT2D eigenvalue weighted by Gasteiger charge is 2.10. The van der Waals surface area contributed by atoms with Gasteiger partial charge in [-0.25, -0.2) is 0 Å². The van der Waals surface area contributed by atoms with Gasteiger partial charge in [-0.1, -0.05) is 18.2 Å². The van der Waals surface area contributed by atoms with E-state index >= 15 is 0 Å². The van der Waals surface area contributed by atoms with E-state index < -0.39 is 0 Å². The van der Waals surface area contributed by atoms with E-state index in [0.717, 1.165) is 12.5 Å². The van der Waals surface area contributed by atoms with Gasteiger partial charge in [0.1, 0.15) is 0 Å². The average molecular weight is 174 g/mol. The van der Waals surface area contributed by atoms with Crippen molar-refractivity contribution in [2.45, 2.75) is 13.0 Å².